The molecule has 0 bridgehead atoms. The van der Waals surface area contributed by atoms with Gasteiger partial charge in [0.1, 0.15) is 0 Å². The summed E-state index contributed by atoms with van der Waals surface area (Å²) >= 11 is 0. The van der Waals surface area contributed by atoms with Gasteiger partial charge in [-0.25, -0.2) is 22.7 Å². The Morgan fingerprint density at radius 3 is 2.57 bits per heavy atom. The van der Waals surface area contributed by atoms with Gasteiger partial charge in [0, 0.05) is 52.4 Å². The van der Waals surface area contributed by atoms with E-state index in [0.29, 0.717) is 49.8 Å². The van der Waals surface area contributed by atoms with E-state index in [9.17, 15) is 13.2 Å². The molecule has 9 heteroatoms. The van der Waals surface area contributed by atoms with E-state index in [4.69, 9.17) is 0 Å². The molecule has 1 fully saturated rings. The van der Waals surface area contributed by atoms with Crippen LogP contribution in [0.25, 0.3) is 0 Å². The number of amides is 1. The van der Waals surface area contributed by atoms with Crippen molar-refractivity contribution in [2.45, 2.75) is 25.3 Å². The van der Waals surface area contributed by atoms with Crippen LogP contribution in [0.1, 0.15) is 39.5 Å². The van der Waals surface area contributed by atoms with Crippen molar-refractivity contribution in [2.75, 3.05) is 44.9 Å². The van der Waals surface area contributed by atoms with Gasteiger partial charge in [-0.15, -0.1) is 0 Å². The highest BCUT2D eigenvalue weighted by Gasteiger charge is 2.34. The van der Waals surface area contributed by atoms with Crippen molar-refractivity contribution < 1.29 is 13.2 Å². The van der Waals surface area contributed by atoms with Gasteiger partial charge in [-0.3, -0.25) is 4.79 Å². The minimum absolute atomic E-state index is 0.0948. The summed E-state index contributed by atoms with van der Waals surface area (Å²) < 4.78 is 25.4. The molecule has 0 N–H and O–H groups in total. The van der Waals surface area contributed by atoms with Crippen molar-refractivity contribution in [3.63, 3.8) is 0 Å². The quantitative estimate of drug-likeness (QED) is 0.732. The van der Waals surface area contributed by atoms with E-state index in [-0.39, 0.29) is 11.8 Å². The average Bonchev–Trinajstić information content (AvgIpc) is 3.23. The van der Waals surface area contributed by atoms with Gasteiger partial charge in [0.15, 0.2) is 0 Å². The minimum atomic E-state index is -3.27. The zero-order valence-corrected chi connectivity index (χ0v) is 18.4. The van der Waals surface area contributed by atoms with Crippen molar-refractivity contribution in [2.24, 2.45) is 0 Å². The highest BCUT2D eigenvalue weighted by Crippen LogP contribution is 2.31. The van der Waals surface area contributed by atoms with Gasteiger partial charge >= 0.3 is 0 Å². The predicted molar refractivity (Wildman–Crippen MR) is 115 cm³/mol. The summed E-state index contributed by atoms with van der Waals surface area (Å²) in [6.07, 6.45) is 4.28. The Hall–Kier alpha value is -2.52. The molecule has 0 aliphatic carbocycles. The monoisotopic (exact) mass is 429 g/mol. The van der Waals surface area contributed by atoms with Crippen LogP contribution in [0.2, 0.25) is 0 Å². The van der Waals surface area contributed by atoms with Crippen molar-refractivity contribution >= 4 is 21.9 Å². The van der Waals surface area contributed by atoms with Gasteiger partial charge in [0.25, 0.3) is 5.91 Å². The molecule has 2 aromatic rings. The molecule has 1 saturated heterocycles. The summed E-state index contributed by atoms with van der Waals surface area (Å²) in [4.78, 5) is 26.1. The van der Waals surface area contributed by atoms with E-state index in [2.05, 4.69) is 22.1 Å². The number of hydrogen-bond acceptors (Lipinski definition) is 6. The van der Waals surface area contributed by atoms with Gasteiger partial charge in [0.2, 0.25) is 16.0 Å². The number of hydrogen-bond donors (Lipinski definition) is 0. The Labute approximate surface area is 177 Å². The molecule has 2 aliphatic rings. The summed E-state index contributed by atoms with van der Waals surface area (Å²) in [5, 5.41) is 0. The standard InChI is InChI=1S/C21H27N5O3S/c1-24(2)21-22-12-18(19(23-21)17-9-11-26(14-17)30(3,28)29)20(27)25-10-8-15-6-4-5-7-16(15)13-25/h4-7,12,17H,8-11,13-14H2,1-3H3. The highest BCUT2D eigenvalue weighted by molar-refractivity contribution is 7.88. The van der Waals surface area contributed by atoms with E-state index in [1.165, 1.54) is 16.1 Å². The number of nitrogens with zero attached hydrogens (tertiary/aromatic N) is 5. The number of anilines is 1. The van der Waals surface area contributed by atoms with Crippen LogP contribution in [0.15, 0.2) is 30.5 Å². The van der Waals surface area contributed by atoms with Crippen LogP contribution in [-0.2, 0) is 23.0 Å². The first kappa shape index (κ1) is 20.7. The number of aromatic nitrogens is 2. The molecule has 1 unspecified atom stereocenters. The predicted octanol–water partition coefficient (Wildman–Crippen LogP) is 1.49. The summed E-state index contributed by atoms with van der Waals surface area (Å²) in [7, 11) is 0.421. The molecular weight excluding hydrogens is 402 g/mol. The molecule has 0 saturated carbocycles. The normalized spacial score (nSPS) is 19.6. The van der Waals surface area contributed by atoms with E-state index in [1.54, 1.807) is 11.1 Å². The smallest absolute Gasteiger partial charge is 0.257 e. The second kappa shape index (κ2) is 7.96. The maximum atomic E-state index is 13.4. The Kier molecular flexibility index (Phi) is 5.50. The Morgan fingerprint density at radius 2 is 1.90 bits per heavy atom. The van der Waals surface area contributed by atoms with Crippen LogP contribution < -0.4 is 4.90 Å². The number of fused-ring (bicyclic) bond motifs is 1. The summed E-state index contributed by atoms with van der Waals surface area (Å²) in [5.41, 5.74) is 3.55. The molecule has 30 heavy (non-hydrogen) atoms. The summed E-state index contributed by atoms with van der Waals surface area (Å²) in [6.45, 7) is 1.98. The largest absolute Gasteiger partial charge is 0.347 e. The molecule has 1 amide bonds. The minimum Gasteiger partial charge on any atom is -0.347 e. The third-order valence-corrected chi connectivity index (χ3v) is 7.13. The van der Waals surface area contributed by atoms with Crippen molar-refractivity contribution in [3.05, 3.63) is 52.8 Å². The Morgan fingerprint density at radius 1 is 1.17 bits per heavy atom. The molecule has 1 atom stereocenters. The molecule has 8 nitrogen and oxygen atoms in total. The van der Waals surface area contributed by atoms with Gasteiger partial charge in [-0.2, -0.15) is 0 Å². The molecule has 0 spiro atoms. The topological polar surface area (TPSA) is 86.7 Å². The number of rotatable bonds is 4. The van der Waals surface area contributed by atoms with Crippen LogP contribution in [0.3, 0.4) is 0 Å². The van der Waals surface area contributed by atoms with Crippen molar-refractivity contribution in [1.29, 1.82) is 0 Å². The first-order chi connectivity index (χ1) is 14.2. The summed E-state index contributed by atoms with van der Waals surface area (Å²) in [5.74, 6) is 0.295. The lowest BCUT2D eigenvalue weighted by atomic mass is 9.97. The second-order valence-electron chi connectivity index (χ2n) is 8.22. The van der Waals surface area contributed by atoms with E-state index >= 15 is 0 Å². The number of benzene rings is 1. The van der Waals surface area contributed by atoms with Crippen molar-refractivity contribution in [3.8, 4) is 0 Å². The highest BCUT2D eigenvalue weighted by atomic mass is 32.2. The van der Waals surface area contributed by atoms with Gasteiger partial charge in [0.05, 0.1) is 17.5 Å². The van der Waals surface area contributed by atoms with Crippen molar-refractivity contribution in [1.82, 2.24) is 19.2 Å². The van der Waals surface area contributed by atoms with Crippen LogP contribution in [0, 0.1) is 0 Å². The molecular formula is C21H27N5O3S. The third-order valence-electron chi connectivity index (χ3n) is 5.86. The lowest BCUT2D eigenvalue weighted by Gasteiger charge is -2.30. The van der Waals surface area contributed by atoms with Gasteiger partial charge in [-0.05, 0) is 24.0 Å². The maximum absolute atomic E-state index is 13.4. The zero-order chi connectivity index (χ0) is 21.5. The summed E-state index contributed by atoms with van der Waals surface area (Å²) in [6, 6.07) is 8.18. The molecule has 1 aromatic heterocycles. The fourth-order valence-electron chi connectivity index (χ4n) is 4.17. The van der Waals surface area contributed by atoms with Crippen LogP contribution in [0.4, 0.5) is 5.95 Å². The number of carbonyl (C=O) groups is 1. The number of carbonyl (C=O) groups excluding carboxylic acids is 1. The van der Waals surface area contributed by atoms with E-state index < -0.39 is 10.0 Å². The Balaban J connectivity index is 1.65. The van der Waals surface area contributed by atoms with Crippen LogP contribution in [-0.4, -0.2) is 73.5 Å². The molecule has 1 aromatic carbocycles. The molecule has 2 aliphatic heterocycles. The molecule has 3 heterocycles. The first-order valence-corrected chi connectivity index (χ1v) is 11.9. The van der Waals surface area contributed by atoms with Gasteiger partial charge in [-0.1, -0.05) is 24.3 Å². The van der Waals surface area contributed by atoms with Crippen LogP contribution in [0.5, 0.6) is 0 Å². The fourth-order valence-corrected chi connectivity index (χ4v) is 5.06. The maximum Gasteiger partial charge on any atom is 0.257 e. The lowest BCUT2D eigenvalue weighted by Crippen LogP contribution is -2.37. The SMILES string of the molecule is CN(C)c1ncc(C(=O)N2CCc3ccccc3C2)c(C2CCN(S(C)(=O)=O)C2)n1. The van der Waals surface area contributed by atoms with Gasteiger partial charge < -0.3 is 9.80 Å². The lowest BCUT2D eigenvalue weighted by molar-refractivity contribution is 0.0732. The Bertz CT molecular complexity index is 1070. The number of sulfonamides is 1. The average molecular weight is 430 g/mol. The first-order valence-electron chi connectivity index (χ1n) is 10.1. The van der Waals surface area contributed by atoms with E-state index in [1.807, 2.05) is 31.1 Å². The molecule has 160 valence electrons. The molecule has 4 rings (SSSR count). The second-order valence-corrected chi connectivity index (χ2v) is 10.2. The zero-order valence-electron chi connectivity index (χ0n) is 17.6. The van der Waals surface area contributed by atoms with E-state index in [0.717, 1.165) is 12.0 Å². The third kappa shape index (κ3) is 4.04. The fraction of sp³-hybridized carbons (Fsp3) is 0.476. The van der Waals surface area contributed by atoms with Crippen LogP contribution >= 0.6 is 0 Å². The molecule has 0 radical (unpaired) electrons.